The first kappa shape index (κ1) is 33.7. The van der Waals surface area contributed by atoms with E-state index in [2.05, 4.69) is 5.32 Å². The number of fused-ring (bicyclic) bond motifs is 1. The maximum Gasteiger partial charge on any atom is 0.272 e. The van der Waals surface area contributed by atoms with Gasteiger partial charge in [-0.25, -0.2) is 4.99 Å². The summed E-state index contributed by atoms with van der Waals surface area (Å²) in [5, 5.41) is 3.02. The van der Waals surface area contributed by atoms with Gasteiger partial charge in [0.25, 0.3) is 5.91 Å². The van der Waals surface area contributed by atoms with Crippen molar-refractivity contribution in [3.8, 4) is 11.5 Å². The van der Waals surface area contributed by atoms with Gasteiger partial charge in [-0.1, -0.05) is 118 Å². The maximum absolute atomic E-state index is 14.7. The van der Waals surface area contributed by atoms with Gasteiger partial charge in [0.05, 0.1) is 17.9 Å². The van der Waals surface area contributed by atoms with Crippen LogP contribution in [-0.2, 0) is 20.9 Å². The molecule has 1 aliphatic heterocycles. The quantitative estimate of drug-likeness (QED) is 0.156. The number of anilines is 1. The highest BCUT2D eigenvalue weighted by atomic mass is 16.5. The predicted molar refractivity (Wildman–Crippen MR) is 192 cm³/mol. The average molecular weight is 657 g/mol. The van der Waals surface area contributed by atoms with Gasteiger partial charge in [0, 0.05) is 23.0 Å². The number of carbonyl (C=O) groups excluding carboxylic acids is 3. The van der Waals surface area contributed by atoms with Crippen molar-refractivity contribution >= 4 is 29.1 Å². The summed E-state index contributed by atoms with van der Waals surface area (Å²) >= 11 is 0. The van der Waals surface area contributed by atoms with E-state index < -0.39 is 23.9 Å². The number of nitrogens with one attached hydrogen (secondary N) is 1. The fraction of sp³-hybridized carbons (Fsp3) is 0.317. The third kappa shape index (κ3) is 8.08. The van der Waals surface area contributed by atoms with Crippen molar-refractivity contribution in [3.63, 3.8) is 0 Å². The minimum atomic E-state index is -1.22. The Balaban J connectivity index is 1.37. The van der Waals surface area contributed by atoms with Crippen LogP contribution in [0.2, 0.25) is 0 Å². The van der Waals surface area contributed by atoms with Crippen LogP contribution in [0.3, 0.4) is 0 Å². The summed E-state index contributed by atoms with van der Waals surface area (Å²) in [4.78, 5) is 48.4. The molecule has 3 unspecified atom stereocenters. The number of amides is 3. The summed E-state index contributed by atoms with van der Waals surface area (Å²) in [6.07, 6.45) is 4.85. The number of nitrogens with two attached hydrogens (primary N) is 1. The molecule has 4 aromatic carbocycles. The van der Waals surface area contributed by atoms with Gasteiger partial charge >= 0.3 is 0 Å². The third-order valence-electron chi connectivity index (χ3n) is 9.60. The highest BCUT2D eigenvalue weighted by Crippen LogP contribution is 2.35. The number of primary amides is 1. The molecule has 1 aliphatic carbocycles. The van der Waals surface area contributed by atoms with Crippen molar-refractivity contribution in [2.24, 2.45) is 28.5 Å². The van der Waals surface area contributed by atoms with E-state index in [-0.39, 0.29) is 18.4 Å². The minimum Gasteiger partial charge on any atom is -0.457 e. The van der Waals surface area contributed by atoms with Gasteiger partial charge in [0.1, 0.15) is 11.5 Å². The summed E-state index contributed by atoms with van der Waals surface area (Å²) in [7, 11) is 0. The van der Waals surface area contributed by atoms with Crippen molar-refractivity contribution < 1.29 is 19.1 Å². The van der Waals surface area contributed by atoms with E-state index in [4.69, 9.17) is 15.5 Å². The molecular formula is C41H44N4O4. The van der Waals surface area contributed by atoms with Crippen molar-refractivity contribution in [1.82, 2.24) is 5.32 Å². The number of nitrogens with zero attached hydrogens (tertiary/aromatic N) is 2. The molecule has 252 valence electrons. The van der Waals surface area contributed by atoms with Crippen LogP contribution in [0.1, 0.15) is 68.6 Å². The first-order valence-electron chi connectivity index (χ1n) is 17.4. The standard InChI is InChI=1S/C41H44N4O4/c1-2-14-33(38(42)46)35(26-28-15-9-10-16-28)40(47)44-39-41(48)45(27-29-17-13-22-32(25-29)49-31-20-7-4-8-21-31)36-24-12-11-23-34(36)37(43-39)30-18-5-3-6-19-30/h3-8,11-13,17-25,28,33,35,39H,2,9-10,14-16,26-27H2,1H3,(H2,42,46)(H,44,47). The number of benzodiazepines with no additional fused rings is 1. The molecule has 1 heterocycles. The number of ether oxygens (including phenoxy) is 1. The summed E-state index contributed by atoms with van der Waals surface area (Å²) in [5.74, 6) is -0.771. The molecule has 0 aromatic heterocycles. The molecule has 49 heavy (non-hydrogen) atoms. The normalized spacial score (nSPS) is 17.4. The number of aliphatic imine (C=N–C) groups is 1. The first-order chi connectivity index (χ1) is 23.9. The molecule has 3 amide bonds. The molecule has 3 N–H and O–H groups in total. The molecule has 6 rings (SSSR count). The zero-order valence-corrected chi connectivity index (χ0v) is 28.0. The fourth-order valence-corrected chi connectivity index (χ4v) is 7.18. The zero-order valence-electron chi connectivity index (χ0n) is 28.0. The van der Waals surface area contributed by atoms with Crippen LogP contribution in [0, 0.1) is 17.8 Å². The molecule has 8 heteroatoms. The van der Waals surface area contributed by atoms with Crippen molar-refractivity contribution in [2.75, 3.05) is 4.90 Å². The van der Waals surface area contributed by atoms with Gasteiger partial charge in [0.2, 0.25) is 18.0 Å². The zero-order chi connectivity index (χ0) is 34.2. The second kappa shape index (κ2) is 15.8. The van der Waals surface area contributed by atoms with E-state index in [1.165, 1.54) is 0 Å². The Labute approximate surface area is 288 Å². The lowest BCUT2D eigenvalue weighted by molar-refractivity contribution is -0.136. The average Bonchev–Trinajstić information content (AvgIpc) is 3.61. The van der Waals surface area contributed by atoms with Crippen LogP contribution < -0.4 is 20.7 Å². The SMILES string of the molecule is CCCC(C(N)=O)C(CC1CCCC1)C(=O)NC1N=C(c2ccccc2)c2ccccc2N(Cc2cccc(Oc3ccccc3)c2)C1=O. The monoisotopic (exact) mass is 656 g/mol. The van der Waals surface area contributed by atoms with Gasteiger partial charge in [0.15, 0.2) is 0 Å². The number of hydrogen-bond donors (Lipinski definition) is 2. The van der Waals surface area contributed by atoms with Crippen molar-refractivity contribution in [2.45, 2.75) is 64.6 Å². The van der Waals surface area contributed by atoms with Crippen molar-refractivity contribution in [1.29, 1.82) is 0 Å². The lowest BCUT2D eigenvalue weighted by atomic mass is 9.80. The third-order valence-corrected chi connectivity index (χ3v) is 9.60. The van der Waals surface area contributed by atoms with Gasteiger partial charge in [-0.15, -0.1) is 0 Å². The minimum absolute atomic E-state index is 0.219. The number of carbonyl (C=O) groups is 3. The summed E-state index contributed by atoms with van der Waals surface area (Å²) < 4.78 is 6.10. The first-order valence-corrected chi connectivity index (χ1v) is 17.4. The topological polar surface area (TPSA) is 114 Å². The molecule has 3 atom stereocenters. The summed E-state index contributed by atoms with van der Waals surface area (Å²) in [6, 6.07) is 34.6. The van der Waals surface area contributed by atoms with E-state index in [0.29, 0.717) is 41.7 Å². The molecule has 1 fully saturated rings. The van der Waals surface area contributed by atoms with E-state index >= 15 is 0 Å². The molecule has 0 saturated heterocycles. The van der Waals surface area contributed by atoms with Crippen LogP contribution in [-0.4, -0.2) is 29.6 Å². The Morgan fingerprint density at radius 2 is 1.55 bits per heavy atom. The van der Waals surface area contributed by atoms with Crippen LogP contribution in [0.4, 0.5) is 5.69 Å². The second-order valence-corrected chi connectivity index (χ2v) is 13.0. The van der Waals surface area contributed by atoms with E-state index in [1.54, 1.807) is 4.90 Å². The van der Waals surface area contributed by atoms with Gasteiger partial charge in [-0.2, -0.15) is 0 Å². The molecule has 1 saturated carbocycles. The van der Waals surface area contributed by atoms with Crippen LogP contribution in [0.5, 0.6) is 11.5 Å². The van der Waals surface area contributed by atoms with Crippen LogP contribution in [0.15, 0.2) is 114 Å². The molecule has 0 spiro atoms. The molecule has 0 radical (unpaired) electrons. The molecule has 2 aliphatic rings. The molecule has 8 nitrogen and oxygen atoms in total. The Morgan fingerprint density at radius 3 is 2.27 bits per heavy atom. The van der Waals surface area contributed by atoms with E-state index in [0.717, 1.165) is 48.8 Å². The Kier molecular flexibility index (Phi) is 10.8. The van der Waals surface area contributed by atoms with Crippen LogP contribution >= 0.6 is 0 Å². The summed E-state index contributed by atoms with van der Waals surface area (Å²) in [5.41, 5.74) is 9.65. The number of para-hydroxylation sites is 2. The van der Waals surface area contributed by atoms with E-state index in [1.807, 2.05) is 116 Å². The van der Waals surface area contributed by atoms with Gasteiger partial charge in [-0.05, 0) is 54.7 Å². The number of rotatable bonds is 13. The lowest BCUT2D eigenvalue weighted by Crippen LogP contribution is -2.50. The lowest BCUT2D eigenvalue weighted by Gasteiger charge is -2.29. The highest BCUT2D eigenvalue weighted by Gasteiger charge is 2.38. The van der Waals surface area contributed by atoms with Gasteiger partial charge < -0.3 is 20.7 Å². The van der Waals surface area contributed by atoms with Crippen molar-refractivity contribution in [3.05, 3.63) is 126 Å². The fourth-order valence-electron chi connectivity index (χ4n) is 7.18. The Hall–Kier alpha value is -5.24. The maximum atomic E-state index is 14.7. The largest absolute Gasteiger partial charge is 0.457 e. The van der Waals surface area contributed by atoms with Crippen LogP contribution in [0.25, 0.3) is 0 Å². The summed E-state index contributed by atoms with van der Waals surface area (Å²) in [6.45, 7) is 2.21. The molecule has 0 bridgehead atoms. The second-order valence-electron chi connectivity index (χ2n) is 13.0. The number of benzene rings is 4. The van der Waals surface area contributed by atoms with Gasteiger partial charge in [-0.3, -0.25) is 14.4 Å². The molecular weight excluding hydrogens is 612 g/mol. The smallest absolute Gasteiger partial charge is 0.272 e. The number of hydrogen-bond acceptors (Lipinski definition) is 5. The predicted octanol–water partition coefficient (Wildman–Crippen LogP) is 7.40. The molecule has 4 aromatic rings. The van der Waals surface area contributed by atoms with E-state index in [9.17, 15) is 14.4 Å². The highest BCUT2D eigenvalue weighted by molar-refractivity contribution is 6.20. The Bertz CT molecular complexity index is 1790. The Morgan fingerprint density at radius 1 is 0.878 bits per heavy atom.